The van der Waals surface area contributed by atoms with Crippen molar-refractivity contribution < 1.29 is 0 Å². The van der Waals surface area contributed by atoms with Crippen LogP contribution >= 0.6 is 0 Å². The fourth-order valence-corrected chi connectivity index (χ4v) is 3.96. The summed E-state index contributed by atoms with van der Waals surface area (Å²) in [4.78, 5) is 4.89. The molecule has 1 atom stereocenters. The summed E-state index contributed by atoms with van der Waals surface area (Å²) in [6, 6.07) is 21.4. The highest BCUT2D eigenvalue weighted by molar-refractivity contribution is 5.85. The number of pyridine rings is 1. The SMILES string of the molecule is c1ccc(-c2cc(CCCC3CCCNC3)c3ccccc3n2)cc1. The molecule has 0 aliphatic carbocycles. The quantitative estimate of drug-likeness (QED) is 0.693. The largest absolute Gasteiger partial charge is 0.316 e. The first-order chi connectivity index (χ1) is 12.4. The molecule has 2 heteroatoms. The van der Waals surface area contributed by atoms with Crippen molar-refractivity contribution in [3.05, 3.63) is 66.2 Å². The van der Waals surface area contributed by atoms with Crippen molar-refractivity contribution in [2.24, 2.45) is 5.92 Å². The van der Waals surface area contributed by atoms with Gasteiger partial charge in [-0.15, -0.1) is 0 Å². The van der Waals surface area contributed by atoms with Crippen LogP contribution in [-0.4, -0.2) is 18.1 Å². The highest BCUT2D eigenvalue weighted by atomic mass is 14.9. The molecule has 1 saturated heterocycles. The van der Waals surface area contributed by atoms with Gasteiger partial charge in [-0.25, -0.2) is 4.98 Å². The molecule has 0 amide bonds. The summed E-state index contributed by atoms with van der Waals surface area (Å²) in [5, 5.41) is 4.84. The monoisotopic (exact) mass is 330 g/mol. The number of benzene rings is 2. The number of nitrogens with one attached hydrogen (secondary N) is 1. The van der Waals surface area contributed by atoms with Crippen molar-refractivity contribution in [3.8, 4) is 11.3 Å². The summed E-state index contributed by atoms with van der Waals surface area (Å²) in [5.74, 6) is 0.857. The number of aryl methyl sites for hydroxylation is 1. The lowest BCUT2D eigenvalue weighted by Crippen LogP contribution is -2.29. The third-order valence-corrected chi connectivity index (χ3v) is 5.33. The molecule has 1 aliphatic heterocycles. The maximum Gasteiger partial charge on any atom is 0.0712 e. The summed E-state index contributed by atoms with van der Waals surface area (Å²) in [6.45, 7) is 2.40. The Bertz CT molecular complexity index is 820. The molecule has 128 valence electrons. The van der Waals surface area contributed by atoms with Gasteiger partial charge in [0.25, 0.3) is 0 Å². The lowest BCUT2D eigenvalue weighted by Gasteiger charge is -2.22. The van der Waals surface area contributed by atoms with Gasteiger partial charge in [0.1, 0.15) is 0 Å². The maximum atomic E-state index is 4.89. The first-order valence-electron chi connectivity index (χ1n) is 9.55. The van der Waals surface area contributed by atoms with Crippen LogP contribution in [0, 0.1) is 5.92 Å². The molecule has 2 heterocycles. The Hall–Kier alpha value is -2.19. The van der Waals surface area contributed by atoms with Gasteiger partial charge in [-0.3, -0.25) is 0 Å². The predicted molar refractivity (Wildman–Crippen MR) is 106 cm³/mol. The summed E-state index contributed by atoms with van der Waals surface area (Å²) >= 11 is 0. The first-order valence-corrected chi connectivity index (χ1v) is 9.55. The molecule has 4 rings (SSSR count). The maximum absolute atomic E-state index is 4.89. The third kappa shape index (κ3) is 3.91. The van der Waals surface area contributed by atoms with Crippen LogP contribution in [0.4, 0.5) is 0 Å². The third-order valence-electron chi connectivity index (χ3n) is 5.33. The number of para-hydroxylation sites is 1. The van der Waals surface area contributed by atoms with Crippen LogP contribution in [0.5, 0.6) is 0 Å². The molecule has 0 radical (unpaired) electrons. The van der Waals surface area contributed by atoms with Crippen LogP contribution in [0.15, 0.2) is 60.7 Å². The fraction of sp³-hybridized carbons (Fsp3) is 0.348. The van der Waals surface area contributed by atoms with E-state index in [0.29, 0.717) is 0 Å². The summed E-state index contributed by atoms with van der Waals surface area (Å²) < 4.78 is 0. The topological polar surface area (TPSA) is 24.9 Å². The number of hydrogen-bond acceptors (Lipinski definition) is 2. The molecule has 2 aromatic carbocycles. The van der Waals surface area contributed by atoms with Crippen molar-refractivity contribution in [2.75, 3.05) is 13.1 Å². The van der Waals surface area contributed by atoms with Crippen LogP contribution in [0.25, 0.3) is 22.2 Å². The first kappa shape index (κ1) is 16.3. The highest BCUT2D eigenvalue weighted by Gasteiger charge is 2.13. The number of hydrogen-bond donors (Lipinski definition) is 1. The van der Waals surface area contributed by atoms with Crippen LogP contribution < -0.4 is 5.32 Å². The average molecular weight is 330 g/mol. The minimum absolute atomic E-state index is 0.857. The number of nitrogens with zero attached hydrogens (tertiary/aromatic N) is 1. The van der Waals surface area contributed by atoms with Gasteiger partial charge in [0.05, 0.1) is 11.2 Å². The zero-order valence-electron chi connectivity index (χ0n) is 14.7. The van der Waals surface area contributed by atoms with E-state index in [9.17, 15) is 0 Å². The van der Waals surface area contributed by atoms with E-state index in [2.05, 4.69) is 66.0 Å². The van der Waals surface area contributed by atoms with E-state index in [1.807, 2.05) is 0 Å². The normalized spacial score (nSPS) is 17.7. The zero-order valence-corrected chi connectivity index (χ0v) is 14.7. The highest BCUT2D eigenvalue weighted by Crippen LogP contribution is 2.26. The molecule has 25 heavy (non-hydrogen) atoms. The Morgan fingerprint density at radius 1 is 1.00 bits per heavy atom. The molecule has 3 aromatic rings. The lowest BCUT2D eigenvalue weighted by molar-refractivity contribution is 0.351. The second-order valence-electron chi connectivity index (χ2n) is 7.15. The van der Waals surface area contributed by atoms with Crippen molar-refractivity contribution in [1.82, 2.24) is 10.3 Å². The predicted octanol–water partition coefficient (Wildman–Crippen LogP) is 5.22. The van der Waals surface area contributed by atoms with Crippen LogP contribution in [-0.2, 0) is 6.42 Å². The molecular weight excluding hydrogens is 304 g/mol. The molecule has 1 N–H and O–H groups in total. The second-order valence-corrected chi connectivity index (χ2v) is 7.15. The van der Waals surface area contributed by atoms with Gasteiger partial charge in [-0.1, -0.05) is 48.5 Å². The molecule has 0 bridgehead atoms. The second kappa shape index (κ2) is 7.79. The smallest absolute Gasteiger partial charge is 0.0712 e. The van der Waals surface area contributed by atoms with Gasteiger partial charge in [-0.05, 0) is 68.8 Å². The zero-order chi connectivity index (χ0) is 16.9. The minimum atomic E-state index is 0.857. The molecule has 0 saturated carbocycles. The number of piperidine rings is 1. The Morgan fingerprint density at radius 3 is 2.68 bits per heavy atom. The van der Waals surface area contributed by atoms with E-state index in [0.717, 1.165) is 23.5 Å². The van der Waals surface area contributed by atoms with Crippen molar-refractivity contribution in [1.29, 1.82) is 0 Å². The van der Waals surface area contributed by atoms with E-state index in [1.165, 1.54) is 55.3 Å². The molecule has 1 aromatic heterocycles. The number of aromatic nitrogens is 1. The molecule has 1 fully saturated rings. The Morgan fingerprint density at radius 2 is 1.84 bits per heavy atom. The van der Waals surface area contributed by atoms with Gasteiger partial charge in [0.15, 0.2) is 0 Å². The lowest BCUT2D eigenvalue weighted by atomic mass is 9.92. The van der Waals surface area contributed by atoms with E-state index < -0.39 is 0 Å². The average Bonchev–Trinajstić information content (AvgIpc) is 2.69. The molecule has 2 nitrogen and oxygen atoms in total. The summed E-state index contributed by atoms with van der Waals surface area (Å²) in [5.41, 5.74) is 4.84. The van der Waals surface area contributed by atoms with E-state index >= 15 is 0 Å². The van der Waals surface area contributed by atoms with Crippen LogP contribution in [0.1, 0.15) is 31.2 Å². The van der Waals surface area contributed by atoms with Crippen LogP contribution in [0.2, 0.25) is 0 Å². The van der Waals surface area contributed by atoms with Gasteiger partial charge in [0.2, 0.25) is 0 Å². The standard InChI is InChI=1S/C23H26N2/c1-2-10-19(11-3-1)23-16-20(21-13-4-5-14-22(21)25-23)12-6-8-18-9-7-15-24-17-18/h1-5,10-11,13-14,16,18,24H,6-9,12,15,17H2. The van der Waals surface area contributed by atoms with Gasteiger partial charge in [-0.2, -0.15) is 0 Å². The van der Waals surface area contributed by atoms with Gasteiger partial charge < -0.3 is 5.32 Å². The van der Waals surface area contributed by atoms with Crippen LogP contribution in [0.3, 0.4) is 0 Å². The molecular formula is C23H26N2. The summed E-state index contributed by atoms with van der Waals surface area (Å²) in [6.07, 6.45) is 6.44. The van der Waals surface area contributed by atoms with Gasteiger partial charge >= 0.3 is 0 Å². The Balaban J connectivity index is 1.58. The van der Waals surface area contributed by atoms with E-state index in [-0.39, 0.29) is 0 Å². The van der Waals surface area contributed by atoms with E-state index in [4.69, 9.17) is 4.98 Å². The minimum Gasteiger partial charge on any atom is -0.316 e. The number of fused-ring (bicyclic) bond motifs is 1. The Labute approximate surface area is 150 Å². The summed E-state index contributed by atoms with van der Waals surface area (Å²) in [7, 11) is 0. The molecule has 1 unspecified atom stereocenters. The Kier molecular flexibility index (Phi) is 5.08. The number of rotatable bonds is 5. The fourth-order valence-electron chi connectivity index (χ4n) is 3.96. The molecule has 1 aliphatic rings. The van der Waals surface area contributed by atoms with Crippen molar-refractivity contribution in [2.45, 2.75) is 32.1 Å². The van der Waals surface area contributed by atoms with Crippen molar-refractivity contribution >= 4 is 10.9 Å². The van der Waals surface area contributed by atoms with E-state index in [1.54, 1.807) is 0 Å². The van der Waals surface area contributed by atoms with Crippen molar-refractivity contribution in [3.63, 3.8) is 0 Å². The van der Waals surface area contributed by atoms with Gasteiger partial charge in [0, 0.05) is 10.9 Å². The molecule has 0 spiro atoms.